The molecule has 1 aromatic heterocycles. The summed E-state index contributed by atoms with van der Waals surface area (Å²) in [5.74, 6) is 0.0166. The molecule has 1 atom stereocenters. The molecule has 114 valence electrons. The summed E-state index contributed by atoms with van der Waals surface area (Å²) in [4.78, 5) is 11.5. The van der Waals surface area contributed by atoms with Crippen LogP contribution in [-0.4, -0.2) is 52.0 Å². The highest BCUT2D eigenvalue weighted by Crippen LogP contribution is 2.20. The Morgan fingerprint density at radius 3 is 2.30 bits per heavy atom. The Bertz CT molecular complexity index is 441. The molecule has 1 rings (SSSR count). The summed E-state index contributed by atoms with van der Waals surface area (Å²) >= 11 is 0. The van der Waals surface area contributed by atoms with Crippen molar-refractivity contribution >= 4 is 11.9 Å². The van der Waals surface area contributed by atoms with E-state index in [-0.39, 0.29) is 24.0 Å². The van der Waals surface area contributed by atoms with Crippen LogP contribution in [0.5, 0.6) is 6.01 Å². The quantitative estimate of drug-likeness (QED) is 0.722. The van der Waals surface area contributed by atoms with Gasteiger partial charge in [-0.3, -0.25) is 0 Å². The summed E-state index contributed by atoms with van der Waals surface area (Å²) in [5.41, 5.74) is 0. The summed E-state index contributed by atoms with van der Waals surface area (Å²) in [6, 6.07) is -0.0247. The summed E-state index contributed by atoms with van der Waals surface area (Å²) in [6.45, 7) is 2.74. The van der Waals surface area contributed by atoms with Gasteiger partial charge in [0.2, 0.25) is 11.9 Å². The van der Waals surface area contributed by atoms with Crippen LogP contribution in [0.1, 0.15) is 13.8 Å². The number of aliphatic hydroxyl groups is 1. The van der Waals surface area contributed by atoms with Crippen molar-refractivity contribution in [2.24, 2.45) is 0 Å². The van der Waals surface area contributed by atoms with Gasteiger partial charge in [-0.15, -0.1) is 0 Å². The molecule has 0 amide bonds. The molecule has 1 heterocycles. The van der Waals surface area contributed by atoms with Crippen LogP contribution in [0, 0.1) is 0 Å². The molecule has 10 heteroatoms. The number of ether oxygens (including phenoxy) is 1. The van der Waals surface area contributed by atoms with E-state index in [1.807, 2.05) is 0 Å². The van der Waals surface area contributed by atoms with E-state index >= 15 is 0 Å². The molecule has 0 aliphatic rings. The molecule has 1 aromatic rings. The minimum absolute atomic E-state index is 0.0247. The highest BCUT2D eigenvalue weighted by Gasteiger charge is 2.38. The number of anilines is 2. The van der Waals surface area contributed by atoms with Crippen LogP contribution in [0.15, 0.2) is 0 Å². The number of alkyl halides is 3. The number of hydrogen-bond donors (Lipinski definition) is 3. The van der Waals surface area contributed by atoms with Crippen LogP contribution in [-0.2, 0) is 0 Å². The van der Waals surface area contributed by atoms with Gasteiger partial charge in [-0.25, -0.2) is 0 Å². The smallest absolute Gasteiger partial charge is 0.416 e. The Morgan fingerprint density at radius 2 is 1.80 bits per heavy atom. The molecule has 20 heavy (non-hydrogen) atoms. The molecule has 0 spiro atoms. The third-order valence-electron chi connectivity index (χ3n) is 2.01. The first-order valence-electron chi connectivity index (χ1n) is 5.81. The lowest BCUT2D eigenvalue weighted by Gasteiger charge is -2.15. The van der Waals surface area contributed by atoms with Crippen molar-refractivity contribution in [2.75, 3.05) is 24.2 Å². The fourth-order valence-corrected chi connectivity index (χ4v) is 1.11. The van der Waals surface area contributed by atoms with E-state index in [1.165, 1.54) is 0 Å². The van der Waals surface area contributed by atoms with Gasteiger partial charge in [0.1, 0.15) is 0 Å². The molecular formula is C10H16F3N5O2. The zero-order valence-electron chi connectivity index (χ0n) is 11.2. The SMILES string of the molecule is CNc1nc(NCC(O)C(F)(F)F)nc(OC(C)C)n1. The Labute approximate surface area is 113 Å². The van der Waals surface area contributed by atoms with Crippen LogP contribution in [0.3, 0.4) is 0 Å². The third kappa shape index (κ3) is 5.03. The predicted molar refractivity (Wildman–Crippen MR) is 65.7 cm³/mol. The molecule has 0 fully saturated rings. The molecule has 3 N–H and O–H groups in total. The third-order valence-corrected chi connectivity index (χ3v) is 2.01. The Hall–Kier alpha value is -1.84. The predicted octanol–water partition coefficient (Wildman–Crippen LogP) is 1.04. The van der Waals surface area contributed by atoms with Crippen molar-refractivity contribution in [3.8, 4) is 6.01 Å². The molecule has 0 saturated heterocycles. The van der Waals surface area contributed by atoms with Gasteiger partial charge >= 0.3 is 12.2 Å². The average Bonchev–Trinajstić information content (AvgIpc) is 2.33. The van der Waals surface area contributed by atoms with Crippen molar-refractivity contribution < 1.29 is 23.0 Å². The van der Waals surface area contributed by atoms with Crippen molar-refractivity contribution in [1.29, 1.82) is 0 Å². The summed E-state index contributed by atoms with van der Waals surface area (Å²) in [6.07, 6.45) is -7.41. The second-order valence-corrected chi connectivity index (χ2v) is 4.12. The number of halogens is 3. The fraction of sp³-hybridized carbons (Fsp3) is 0.700. The van der Waals surface area contributed by atoms with Gasteiger partial charge in [0.05, 0.1) is 12.6 Å². The number of aromatic nitrogens is 3. The minimum atomic E-state index is -4.71. The second kappa shape index (κ2) is 6.55. The fourth-order valence-electron chi connectivity index (χ4n) is 1.11. The van der Waals surface area contributed by atoms with Gasteiger partial charge in [0, 0.05) is 7.05 Å². The molecular weight excluding hydrogens is 279 g/mol. The molecule has 0 radical (unpaired) electrons. The Kier molecular flexibility index (Phi) is 5.31. The first kappa shape index (κ1) is 16.2. The Balaban J connectivity index is 2.78. The van der Waals surface area contributed by atoms with Crippen molar-refractivity contribution in [1.82, 2.24) is 15.0 Å². The zero-order valence-corrected chi connectivity index (χ0v) is 11.2. The van der Waals surface area contributed by atoms with E-state index < -0.39 is 18.8 Å². The van der Waals surface area contributed by atoms with E-state index in [0.29, 0.717) is 0 Å². The van der Waals surface area contributed by atoms with Gasteiger partial charge in [-0.05, 0) is 13.8 Å². The lowest BCUT2D eigenvalue weighted by Crippen LogP contribution is -2.35. The molecule has 0 saturated carbocycles. The maximum Gasteiger partial charge on any atom is 0.416 e. The van der Waals surface area contributed by atoms with Crippen LogP contribution in [0.25, 0.3) is 0 Å². The van der Waals surface area contributed by atoms with Crippen molar-refractivity contribution in [3.63, 3.8) is 0 Å². The molecule has 0 aliphatic carbocycles. The number of rotatable bonds is 6. The molecule has 1 unspecified atom stereocenters. The molecule has 0 bridgehead atoms. The van der Waals surface area contributed by atoms with E-state index in [1.54, 1.807) is 20.9 Å². The first-order valence-corrected chi connectivity index (χ1v) is 5.81. The number of aliphatic hydroxyl groups excluding tert-OH is 1. The van der Waals surface area contributed by atoms with Crippen LogP contribution in [0.4, 0.5) is 25.1 Å². The number of nitrogens with one attached hydrogen (secondary N) is 2. The highest BCUT2D eigenvalue weighted by atomic mass is 19.4. The molecule has 7 nitrogen and oxygen atoms in total. The molecule has 0 aromatic carbocycles. The van der Waals surface area contributed by atoms with Gasteiger partial charge in [0.15, 0.2) is 6.10 Å². The van der Waals surface area contributed by atoms with E-state index in [0.717, 1.165) is 0 Å². The normalized spacial score (nSPS) is 13.2. The average molecular weight is 295 g/mol. The monoisotopic (exact) mass is 295 g/mol. The first-order chi connectivity index (χ1) is 9.22. The van der Waals surface area contributed by atoms with Gasteiger partial charge < -0.3 is 20.5 Å². The van der Waals surface area contributed by atoms with Gasteiger partial charge in [0.25, 0.3) is 0 Å². The van der Waals surface area contributed by atoms with Crippen LogP contribution >= 0.6 is 0 Å². The van der Waals surface area contributed by atoms with Crippen molar-refractivity contribution in [2.45, 2.75) is 32.2 Å². The van der Waals surface area contributed by atoms with Gasteiger partial charge in [-0.2, -0.15) is 28.1 Å². The molecule has 0 aliphatic heterocycles. The topological polar surface area (TPSA) is 92.2 Å². The maximum absolute atomic E-state index is 12.2. The summed E-state index contributed by atoms with van der Waals surface area (Å²) < 4.78 is 41.7. The largest absolute Gasteiger partial charge is 0.461 e. The standard InChI is InChI=1S/C10H16F3N5O2/c1-5(2)20-9-17-7(14-3)16-8(18-9)15-4-6(19)10(11,12)13/h5-6,19H,4H2,1-3H3,(H2,14,15,16,17,18). The summed E-state index contributed by atoms with van der Waals surface area (Å²) in [5, 5.41) is 13.8. The van der Waals surface area contributed by atoms with Gasteiger partial charge in [-0.1, -0.05) is 0 Å². The van der Waals surface area contributed by atoms with Crippen LogP contribution < -0.4 is 15.4 Å². The van der Waals surface area contributed by atoms with E-state index in [9.17, 15) is 13.2 Å². The zero-order chi connectivity index (χ0) is 15.3. The highest BCUT2D eigenvalue weighted by molar-refractivity contribution is 5.35. The van der Waals surface area contributed by atoms with Crippen LogP contribution in [0.2, 0.25) is 0 Å². The Morgan fingerprint density at radius 1 is 1.20 bits per heavy atom. The van der Waals surface area contributed by atoms with E-state index in [2.05, 4.69) is 25.6 Å². The second-order valence-electron chi connectivity index (χ2n) is 4.12. The minimum Gasteiger partial charge on any atom is -0.461 e. The van der Waals surface area contributed by atoms with Crippen molar-refractivity contribution in [3.05, 3.63) is 0 Å². The lowest BCUT2D eigenvalue weighted by molar-refractivity contribution is -0.198. The summed E-state index contributed by atoms with van der Waals surface area (Å²) in [7, 11) is 1.54. The number of hydrogen-bond acceptors (Lipinski definition) is 7. The lowest BCUT2D eigenvalue weighted by atomic mass is 10.3. The van der Waals surface area contributed by atoms with E-state index in [4.69, 9.17) is 9.84 Å². The maximum atomic E-state index is 12.2. The number of nitrogens with zero attached hydrogens (tertiary/aromatic N) is 3.